The number of amides is 2. The van der Waals surface area contributed by atoms with Crippen molar-refractivity contribution < 1.29 is 18.0 Å². The largest absolute Gasteiger partial charge is 0.355 e. The number of anilines is 1. The number of carbonyl (C=O) groups excluding carboxylic acids is 2. The summed E-state index contributed by atoms with van der Waals surface area (Å²) < 4.78 is 28.6. The minimum atomic E-state index is -4.11. The zero-order valence-corrected chi connectivity index (χ0v) is 24.1. The average Bonchev–Trinajstić information content (AvgIpc) is 2.89. The third-order valence-corrected chi connectivity index (χ3v) is 8.77. The summed E-state index contributed by atoms with van der Waals surface area (Å²) in [6.07, 6.45) is 0. The molecule has 0 aromatic heterocycles. The van der Waals surface area contributed by atoms with Crippen LogP contribution < -0.4 is 9.62 Å². The summed E-state index contributed by atoms with van der Waals surface area (Å²) in [5.41, 5.74) is 2.87. The van der Waals surface area contributed by atoms with Gasteiger partial charge in [0.25, 0.3) is 10.0 Å². The van der Waals surface area contributed by atoms with E-state index in [1.807, 2.05) is 19.9 Å². The fourth-order valence-corrected chi connectivity index (χ4v) is 5.62. The number of likely N-dealkylation sites (N-methyl/N-ethyl adjacent to an activating group) is 1. The molecular weight excluding hydrogens is 545 g/mol. The van der Waals surface area contributed by atoms with Crippen molar-refractivity contribution in [3.8, 4) is 0 Å². The Hall–Kier alpha value is -3.07. The first-order chi connectivity index (χ1) is 17.9. The van der Waals surface area contributed by atoms with Crippen molar-refractivity contribution in [1.29, 1.82) is 0 Å². The Morgan fingerprint density at radius 3 is 2.21 bits per heavy atom. The van der Waals surface area contributed by atoms with Gasteiger partial charge >= 0.3 is 0 Å². The summed E-state index contributed by atoms with van der Waals surface area (Å²) in [5, 5.41) is 3.40. The Bertz CT molecular complexity index is 1410. The Morgan fingerprint density at radius 2 is 1.61 bits per heavy atom. The molecule has 7 nitrogen and oxygen atoms in total. The number of nitrogens with one attached hydrogen (secondary N) is 1. The first-order valence-electron chi connectivity index (χ1n) is 12.1. The minimum absolute atomic E-state index is 0.0279. The monoisotopic (exact) mass is 575 g/mol. The minimum Gasteiger partial charge on any atom is -0.355 e. The molecule has 38 heavy (non-hydrogen) atoms. The van der Waals surface area contributed by atoms with Gasteiger partial charge in [-0.1, -0.05) is 53.5 Å². The van der Waals surface area contributed by atoms with E-state index in [1.165, 1.54) is 17.0 Å². The smallest absolute Gasteiger partial charge is 0.264 e. The Balaban J connectivity index is 2.05. The summed E-state index contributed by atoms with van der Waals surface area (Å²) in [6.45, 7) is 7.09. The maximum Gasteiger partial charge on any atom is 0.264 e. The van der Waals surface area contributed by atoms with Gasteiger partial charge in [-0.05, 0) is 80.8 Å². The molecule has 0 saturated heterocycles. The summed E-state index contributed by atoms with van der Waals surface area (Å²) >= 11 is 12.2. The predicted octanol–water partition coefficient (Wildman–Crippen LogP) is 5.36. The van der Waals surface area contributed by atoms with Crippen LogP contribution >= 0.6 is 23.2 Å². The Morgan fingerprint density at radius 1 is 0.921 bits per heavy atom. The zero-order chi connectivity index (χ0) is 28.0. The first kappa shape index (κ1) is 29.5. The van der Waals surface area contributed by atoms with E-state index in [0.717, 1.165) is 15.4 Å². The van der Waals surface area contributed by atoms with Crippen molar-refractivity contribution in [2.24, 2.45) is 0 Å². The molecule has 0 aliphatic rings. The highest BCUT2D eigenvalue weighted by Crippen LogP contribution is 2.27. The molecular formula is C28H31Cl2N3O4S. The number of hydrogen-bond acceptors (Lipinski definition) is 4. The lowest BCUT2D eigenvalue weighted by atomic mass is 10.1. The highest BCUT2D eigenvalue weighted by atomic mass is 35.5. The highest BCUT2D eigenvalue weighted by molar-refractivity contribution is 7.92. The van der Waals surface area contributed by atoms with Gasteiger partial charge in [-0.2, -0.15) is 0 Å². The van der Waals surface area contributed by atoms with Crippen LogP contribution in [0.2, 0.25) is 10.0 Å². The van der Waals surface area contributed by atoms with Crippen LogP contribution in [0.15, 0.2) is 71.6 Å². The van der Waals surface area contributed by atoms with E-state index in [4.69, 9.17) is 23.2 Å². The molecule has 0 bridgehead atoms. The molecule has 3 aromatic carbocycles. The molecule has 0 heterocycles. The van der Waals surface area contributed by atoms with Gasteiger partial charge in [-0.15, -0.1) is 0 Å². The molecule has 3 rings (SSSR count). The highest BCUT2D eigenvalue weighted by Gasteiger charge is 2.32. The third-order valence-electron chi connectivity index (χ3n) is 6.24. The second kappa shape index (κ2) is 12.7. The lowest BCUT2D eigenvalue weighted by molar-refractivity contribution is -0.139. The lowest BCUT2D eigenvalue weighted by Crippen LogP contribution is -2.51. The van der Waals surface area contributed by atoms with Gasteiger partial charge < -0.3 is 10.2 Å². The van der Waals surface area contributed by atoms with E-state index in [1.54, 1.807) is 62.4 Å². The van der Waals surface area contributed by atoms with Gasteiger partial charge in [-0.3, -0.25) is 13.9 Å². The lowest BCUT2D eigenvalue weighted by Gasteiger charge is -2.32. The number of carbonyl (C=O) groups is 2. The van der Waals surface area contributed by atoms with Gasteiger partial charge in [0.05, 0.1) is 20.6 Å². The summed E-state index contributed by atoms with van der Waals surface area (Å²) in [4.78, 5) is 28.0. The van der Waals surface area contributed by atoms with E-state index in [2.05, 4.69) is 5.32 Å². The Labute approximate surface area is 234 Å². The van der Waals surface area contributed by atoms with Crippen molar-refractivity contribution >= 4 is 50.7 Å². The van der Waals surface area contributed by atoms with Gasteiger partial charge in [0.15, 0.2) is 0 Å². The number of hydrogen-bond donors (Lipinski definition) is 1. The molecule has 0 aliphatic carbocycles. The number of sulfonamides is 1. The standard InChI is InChI=1S/C28H31Cl2N3O4S/c1-5-31-28(35)21(4)32(17-22-12-14-25(29)26(30)16-22)27(34)18-33(23-13-11-19(2)20(3)15-23)38(36,37)24-9-7-6-8-10-24/h6-16,21H,5,17-18H2,1-4H3,(H,31,35). The molecule has 0 saturated carbocycles. The molecule has 1 unspecified atom stereocenters. The van der Waals surface area contributed by atoms with Crippen LogP contribution in [-0.4, -0.2) is 44.3 Å². The molecule has 0 radical (unpaired) electrons. The third kappa shape index (κ3) is 6.87. The van der Waals surface area contributed by atoms with E-state index in [-0.39, 0.29) is 17.3 Å². The predicted molar refractivity (Wildman–Crippen MR) is 152 cm³/mol. The second-order valence-electron chi connectivity index (χ2n) is 8.93. The normalized spacial score (nSPS) is 12.1. The molecule has 2 amide bonds. The molecule has 0 aliphatic heterocycles. The molecule has 0 fully saturated rings. The number of benzene rings is 3. The SMILES string of the molecule is CCNC(=O)C(C)N(Cc1ccc(Cl)c(Cl)c1)C(=O)CN(c1ccc(C)c(C)c1)S(=O)(=O)c1ccccc1. The number of halogens is 2. The fourth-order valence-electron chi connectivity index (χ4n) is 3.87. The van der Waals surface area contributed by atoms with Crippen LogP contribution in [0.3, 0.4) is 0 Å². The summed E-state index contributed by atoms with van der Waals surface area (Å²) in [6, 6.07) is 17.2. The van der Waals surface area contributed by atoms with E-state index >= 15 is 0 Å². The summed E-state index contributed by atoms with van der Waals surface area (Å²) in [7, 11) is -4.11. The van der Waals surface area contributed by atoms with Crippen molar-refractivity contribution in [1.82, 2.24) is 10.2 Å². The second-order valence-corrected chi connectivity index (χ2v) is 11.6. The van der Waals surface area contributed by atoms with Crippen LogP contribution in [-0.2, 0) is 26.2 Å². The zero-order valence-electron chi connectivity index (χ0n) is 21.7. The molecule has 3 aromatic rings. The average molecular weight is 577 g/mol. The van der Waals surface area contributed by atoms with Crippen LogP contribution in [0, 0.1) is 13.8 Å². The topological polar surface area (TPSA) is 86.8 Å². The van der Waals surface area contributed by atoms with E-state index in [9.17, 15) is 18.0 Å². The van der Waals surface area contributed by atoms with E-state index < -0.39 is 28.5 Å². The van der Waals surface area contributed by atoms with Gasteiger partial charge in [0.1, 0.15) is 12.6 Å². The maximum atomic E-state index is 13.8. The molecule has 0 spiro atoms. The number of nitrogens with zero attached hydrogens (tertiary/aromatic N) is 2. The molecule has 202 valence electrons. The molecule has 1 atom stereocenters. The Kier molecular flexibility index (Phi) is 9.82. The maximum absolute atomic E-state index is 13.8. The molecule has 1 N–H and O–H groups in total. The van der Waals surface area contributed by atoms with E-state index in [0.29, 0.717) is 27.8 Å². The fraction of sp³-hybridized carbons (Fsp3) is 0.286. The quantitative estimate of drug-likeness (QED) is 0.352. The van der Waals surface area contributed by atoms with Gasteiger partial charge in [0, 0.05) is 13.1 Å². The van der Waals surface area contributed by atoms with Crippen molar-refractivity contribution in [3.05, 3.63) is 93.5 Å². The van der Waals surface area contributed by atoms with Crippen LogP contribution in [0.5, 0.6) is 0 Å². The summed E-state index contributed by atoms with van der Waals surface area (Å²) in [5.74, 6) is -0.905. The molecule has 10 heteroatoms. The van der Waals surface area contributed by atoms with Crippen LogP contribution in [0.1, 0.15) is 30.5 Å². The van der Waals surface area contributed by atoms with Crippen LogP contribution in [0.4, 0.5) is 5.69 Å². The van der Waals surface area contributed by atoms with Gasteiger partial charge in [0.2, 0.25) is 11.8 Å². The first-order valence-corrected chi connectivity index (χ1v) is 14.3. The van der Waals surface area contributed by atoms with Gasteiger partial charge in [-0.25, -0.2) is 8.42 Å². The van der Waals surface area contributed by atoms with Crippen molar-refractivity contribution in [2.75, 3.05) is 17.4 Å². The van der Waals surface area contributed by atoms with Crippen LogP contribution in [0.25, 0.3) is 0 Å². The van der Waals surface area contributed by atoms with Crippen molar-refractivity contribution in [3.63, 3.8) is 0 Å². The number of rotatable bonds is 10. The number of aryl methyl sites for hydroxylation is 2. The van der Waals surface area contributed by atoms with Crippen molar-refractivity contribution in [2.45, 2.75) is 45.2 Å².